The van der Waals surface area contributed by atoms with Gasteiger partial charge in [0.25, 0.3) is 5.91 Å². The number of thiophene rings is 1. The fraction of sp³-hybridized carbons (Fsp3) is 0.500. The fourth-order valence-corrected chi connectivity index (χ4v) is 3.58. The zero-order valence-corrected chi connectivity index (χ0v) is 13.3. The van der Waals surface area contributed by atoms with Gasteiger partial charge in [0.05, 0.1) is 15.7 Å². The lowest BCUT2D eigenvalue weighted by atomic mass is 10.2. The molecule has 0 aromatic carbocycles. The summed E-state index contributed by atoms with van der Waals surface area (Å²) in [4.78, 5) is 27.3. The number of quaternary nitrogens is 1. The van der Waals surface area contributed by atoms with Crippen LogP contribution >= 0.6 is 27.3 Å². The van der Waals surface area contributed by atoms with Gasteiger partial charge in [0.15, 0.2) is 6.04 Å². The summed E-state index contributed by atoms with van der Waals surface area (Å²) >= 11 is 5.10. The average molecular weight is 347 g/mol. The highest BCUT2D eigenvalue weighted by Gasteiger charge is 2.33. The molecule has 3 amide bonds. The molecule has 1 fully saturated rings. The maximum Gasteiger partial charge on any atom is 0.324 e. The van der Waals surface area contributed by atoms with Gasteiger partial charge in [-0.25, -0.2) is 4.79 Å². The van der Waals surface area contributed by atoms with E-state index in [0.29, 0.717) is 13.1 Å². The van der Waals surface area contributed by atoms with Crippen molar-refractivity contribution in [2.24, 2.45) is 0 Å². The van der Waals surface area contributed by atoms with E-state index in [2.05, 4.69) is 27.3 Å². The molecule has 7 heteroatoms. The number of hydrogen-bond acceptors (Lipinski definition) is 3. The first kappa shape index (κ1) is 14.5. The number of urea groups is 1. The van der Waals surface area contributed by atoms with E-state index in [-0.39, 0.29) is 18.0 Å². The highest BCUT2D eigenvalue weighted by atomic mass is 79.9. The second-order valence-electron chi connectivity index (χ2n) is 4.67. The van der Waals surface area contributed by atoms with Crippen LogP contribution in [0.25, 0.3) is 0 Å². The van der Waals surface area contributed by atoms with Crippen molar-refractivity contribution in [3.63, 3.8) is 0 Å². The Morgan fingerprint density at radius 1 is 1.63 bits per heavy atom. The van der Waals surface area contributed by atoms with Gasteiger partial charge in [0.1, 0.15) is 6.54 Å². The maximum atomic E-state index is 12.2. The number of imide groups is 1. The minimum Gasteiger partial charge on any atom is -0.336 e. The Hall–Kier alpha value is -0.920. The molecule has 1 saturated heterocycles. The van der Waals surface area contributed by atoms with Crippen molar-refractivity contribution in [3.8, 4) is 0 Å². The second-order valence-corrected chi connectivity index (χ2v) is 7.22. The van der Waals surface area contributed by atoms with E-state index in [1.807, 2.05) is 20.0 Å². The van der Waals surface area contributed by atoms with Crippen LogP contribution in [-0.2, 0) is 11.3 Å². The molecule has 0 aliphatic carbocycles. The molecule has 19 heavy (non-hydrogen) atoms. The molecular weight excluding hydrogens is 330 g/mol. The van der Waals surface area contributed by atoms with E-state index in [4.69, 9.17) is 0 Å². The standard InChI is InChI=1S/C12H16BrN3O2S/c1-8(11(17)16-6-5-14-12(16)18)15(2)7-9-3-4-10(13)19-9/h3-4,8H,5-7H2,1-2H3,(H,14,18)/p+1/t8-/m1/s1. The van der Waals surface area contributed by atoms with E-state index in [1.54, 1.807) is 11.3 Å². The molecule has 1 aromatic heterocycles. The lowest BCUT2D eigenvalue weighted by molar-refractivity contribution is -0.908. The third-order valence-electron chi connectivity index (χ3n) is 3.31. The molecule has 2 rings (SSSR count). The first-order valence-corrected chi connectivity index (χ1v) is 7.75. The molecule has 2 atom stereocenters. The van der Waals surface area contributed by atoms with E-state index in [9.17, 15) is 9.59 Å². The number of hydrogen-bond donors (Lipinski definition) is 2. The zero-order chi connectivity index (χ0) is 14.0. The van der Waals surface area contributed by atoms with E-state index >= 15 is 0 Å². The number of rotatable bonds is 4. The molecule has 0 radical (unpaired) electrons. The van der Waals surface area contributed by atoms with Crippen molar-refractivity contribution in [2.75, 3.05) is 20.1 Å². The van der Waals surface area contributed by atoms with Crippen molar-refractivity contribution >= 4 is 39.2 Å². The summed E-state index contributed by atoms with van der Waals surface area (Å²) in [6.07, 6.45) is 0. The smallest absolute Gasteiger partial charge is 0.324 e. The van der Waals surface area contributed by atoms with Crippen LogP contribution in [0.3, 0.4) is 0 Å². The zero-order valence-electron chi connectivity index (χ0n) is 10.9. The Balaban J connectivity index is 1.96. The van der Waals surface area contributed by atoms with Gasteiger partial charge >= 0.3 is 6.03 Å². The van der Waals surface area contributed by atoms with Crippen molar-refractivity contribution < 1.29 is 14.5 Å². The lowest BCUT2D eigenvalue weighted by Crippen LogP contribution is -3.12. The monoisotopic (exact) mass is 346 g/mol. The van der Waals surface area contributed by atoms with E-state index in [0.717, 1.165) is 15.2 Å². The number of carbonyl (C=O) groups is 2. The summed E-state index contributed by atoms with van der Waals surface area (Å²) in [6, 6.07) is 3.55. The molecule has 1 aromatic rings. The maximum absolute atomic E-state index is 12.2. The third kappa shape index (κ3) is 3.34. The number of likely N-dealkylation sites (N-methyl/N-ethyl adjacent to an activating group) is 1. The van der Waals surface area contributed by atoms with E-state index in [1.165, 1.54) is 9.78 Å². The minimum absolute atomic E-state index is 0.108. The molecule has 104 valence electrons. The van der Waals surface area contributed by atoms with Crippen molar-refractivity contribution in [1.29, 1.82) is 0 Å². The van der Waals surface area contributed by atoms with Crippen LogP contribution in [0.2, 0.25) is 0 Å². The summed E-state index contributed by atoms with van der Waals surface area (Å²) in [6.45, 7) is 3.67. The molecular formula is C12H17BrN3O2S+. The summed E-state index contributed by atoms with van der Waals surface area (Å²) in [7, 11) is 1.98. The third-order valence-corrected chi connectivity index (χ3v) is 4.94. The second kappa shape index (κ2) is 6.02. The van der Waals surface area contributed by atoms with Gasteiger partial charge in [-0.15, -0.1) is 11.3 Å². The highest BCUT2D eigenvalue weighted by molar-refractivity contribution is 9.11. The van der Waals surface area contributed by atoms with Crippen molar-refractivity contribution in [3.05, 3.63) is 20.8 Å². The Labute approximate surface area is 124 Å². The Bertz CT molecular complexity index is 491. The van der Waals surface area contributed by atoms with Crippen molar-refractivity contribution in [1.82, 2.24) is 10.2 Å². The van der Waals surface area contributed by atoms with Crippen LogP contribution < -0.4 is 10.2 Å². The van der Waals surface area contributed by atoms with Gasteiger partial charge in [0, 0.05) is 13.1 Å². The SMILES string of the molecule is C[C@H](C(=O)N1CCNC1=O)[NH+](C)Cc1ccc(Br)s1. The fourth-order valence-electron chi connectivity index (χ4n) is 2.00. The molecule has 1 aliphatic heterocycles. The molecule has 1 aliphatic rings. The quantitative estimate of drug-likeness (QED) is 0.832. The number of amides is 3. The number of halogens is 1. The van der Waals surface area contributed by atoms with Gasteiger partial charge in [-0.3, -0.25) is 9.69 Å². The number of nitrogens with one attached hydrogen (secondary N) is 2. The summed E-state index contributed by atoms with van der Waals surface area (Å²) in [5, 5.41) is 2.65. The largest absolute Gasteiger partial charge is 0.336 e. The first-order valence-electron chi connectivity index (χ1n) is 6.14. The van der Waals surface area contributed by atoms with Crippen LogP contribution in [-0.4, -0.2) is 43.0 Å². The van der Waals surface area contributed by atoms with E-state index < -0.39 is 0 Å². The molecule has 2 heterocycles. The average Bonchev–Trinajstić information content (AvgIpc) is 2.96. The van der Waals surface area contributed by atoms with Gasteiger partial charge in [0.2, 0.25) is 0 Å². The first-order chi connectivity index (χ1) is 8.99. The van der Waals surface area contributed by atoms with Gasteiger partial charge < -0.3 is 10.2 Å². The van der Waals surface area contributed by atoms with Gasteiger partial charge in [-0.05, 0) is 35.0 Å². The normalized spacial score (nSPS) is 18.3. The topological polar surface area (TPSA) is 53.9 Å². The van der Waals surface area contributed by atoms with Crippen LogP contribution in [0.4, 0.5) is 4.79 Å². The van der Waals surface area contributed by atoms with Crippen LogP contribution in [0, 0.1) is 0 Å². The van der Waals surface area contributed by atoms with Crippen LogP contribution in [0.5, 0.6) is 0 Å². The molecule has 2 N–H and O–H groups in total. The summed E-state index contributed by atoms with van der Waals surface area (Å²) in [5.41, 5.74) is 0. The predicted octanol–water partition coefficient (Wildman–Crippen LogP) is 0.466. The number of nitrogens with zero attached hydrogens (tertiary/aromatic N) is 1. The Morgan fingerprint density at radius 2 is 2.37 bits per heavy atom. The molecule has 1 unspecified atom stereocenters. The minimum atomic E-state index is -0.275. The Kier molecular flexibility index (Phi) is 4.59. The number of carbonyl (C=O) groups excluding carboxylic acids is 2. The van der Waals surface area contributed by atoms with Gasteiger partial charge in [-0.2, -0.15) is 0 Å². The highest BCUT2D eigenvalue weighted by Crippen LogP contribution is 2.21. The predicted molar refractivity (Wildman–Crippen MR) is 77.2 cm³/mol. The molecule has 0 bridgehead atoms. The van der Waals surface area contributed by atoms with Crippen LogP contribution in [0.1, 0.15) is 11.8 Å². The molecule has 5 nitrogen and oxygen atoms in total. The lowest BCUT2D eigenvalue weighted by Gasteiger charge is -2.23. The molecule has 0 saturated carbocycles. The van der Waals surface area contributed by atoms with Crippen molar-refractivity contribution in [2.45, 2.75) is 19.5 Å². The Morgan fingerprint density at radius 3 is 2.89 bits per heavy atom. The summed E-state index contributed by atoms with van der Waals surface area (Å²) < 4.78 is 1.09. The summed E-state index contributed by atoms with van der Waals surface area (Å²) in [5.74, 6) is -0.108. The molecule has 0 spiro atoms. The van der Waals surface area contributed by atoms with Crippen LogP contribution in [0.15, 0.2) is 15.9 Å². The van der Waals surface area contributed by atoms with Gasteiger partial charge in [-0.1, -0.05) is 0 Å².